The number of nitrogens with two attached hydrogens (primary N) is 1. The lowest BCUT2D eigenvalue weighted by Crippen LogP contribution is -2.24. The van der Waals surface area contributed by atoms with Crippen molar-refractivity contribution in [2.75, 3.05) is 26.9 Å². The van der Waals surface area contributed by atoms with E-state index >= 15 is 0 Å². The molecular weight excluding hydrogens is 196 g/mol. The number of likely N-dealkylation sites (N-methyl/N-ethyl adjacent to an activating group) is 1. The van der Waals surface area contributed by atoms with Crippen molar-refractivity contribution >= 4 is 5.91 Å². The van der Waals surface area contributed by atoms with Crippen LogP contribution in [0.3, 0.4) is 0 Å². The van der Waals surface area contributed by atoms with Crippen LogP contribution in [0.15, 0.2) is 12.2 Å². The molecule has 0 saturated heterocycles. The van der Waals surface area contributed by atoms with Gasteiger partial charge in [0.25, 0.3) is 0 Å². The van der Waals surface area contributed by atoms with Gasteiger partial charge in [0.1, 0.15) is 6.79 Å². The van der Waals surface area contributed by atoms with Gasteiger partial charge < -0.3 is 20.5 Å². The molecule has 3 N–H and O–H groups in total. The molecule has 88 valence electrons. The Bertz CT molecular complexity index is 207. The zero-order valence-corrected chi connectivity index (χ0v) is 9.35. The van der Waals surface area contributed by atoms with Crippen LogP contribution in [0, 0.1) is 0 Å². The number of hydrogen-bond acceptors (Lipinski definition) is 4. The lowest BCUT2D eigenvalue weighted by atomic mass is 10.2. The van der Waals surface area contributed by atoms with Gasteiger partial charge in [-0.1, -0.05) is 6.08 Å². The van der Waals surface area contributed by atoms with Crippen molar-refractivity contribution in [1.82, 2.24) is 4.90 Å². The van der Waals surface area contributed by atoms with E-state index in [1.54, 1.807) is 6.08 Å². The quantitative estimate of drug-likeness (QED) is 0.431. The van der Waals surface area contributed by atoms with Crippen molar-refractivity contribution in [3.8, 4) is 0 Å². The molecule has 0 aromatic heterocycles. The molecule has 0 heterocycles. The van der Waals surface area contributed by atoms with E-state index in [1.807, 2.05) is 18.9 Å². The Hall–Kier alpha value is -0.910. The molecule has 0 bridgehead atoms. The second-order valence-corrected chi connectivity index (χ2v) is 3.46. The Morgan fingerprint density at radius 1 is 1.67 bits per heavy atom. The molecule has 1 atom stereocenters. The molecule has 0 saturated carbocycles. The SMILES string of the molecule is CC(CCN(C)C/C=C/C(N)=O)OCO. The van der Waals surface area contributed by atoms with Crippen molar-refractivity contribution in [1.29, 1.82) is 0 Å². The summed E-state index contributed by atoms with van der Waals surface area (Å²) < 4.78 is 4.97. The first-order valence-electron chi connectivity index (χ1n) is 4.93. The number of primary amides is 1. The molecule has 0 fully saturated rings. The Morgan fingerprint density at radius 2 is 2.33 bits per heavy atom. The molecule has 0 aliphatic carbocycles. The van der Waals surface area contributed by atoms with Crippen molar-refractivity contribution in [2.45, 2.75) is 19.4 Å². The topological polar surface area (TPSA) is 75.8 Å². The summed E-state index contributed by atoms with van der Waals surface area (Å²) in [5.41, 5.74) is 4.95. The van der Waals surface area contributed by atoms with E-state index in [0.717, 1.165) is 13.0 Å². The number of amides is 1. The summed E-state index contributed by atoms with van der Waals surface area (Å²) in [6, 6.07) is 0. The monoisotopic (exact) mass is 216 g/mol. The fourth-order valence-electron chi connectivity index (χ4n) is 1.05. The van der Waals surface area contributed by atoms with Crippen LogP contribution in [0.2, 0.25) is 0 Å². The van der Waals surface area contributed by atoms with Crippen LogP contribution in [0.1, 0.15) is 13.3 Å². The van der Waals surface area contributed by atoms with Gasteiger partial charge in [0, 0.05) is 13.1 Å². The maximum absolute atomic E-state index is 10.4. The van der Waals surface area contributed by atoms with Crippen LogP contribution >= 0.6 is 0 Å². The minimum atomic E-state index is -0.430. The largest absolute Gasteiger partial charge is 0.371 e. The summed E-state index contributed by atoms with van der Waals surface area (Å²) in [5.74, 6) is -0.430. The highest BCUT2D eigenvalue weighted by atomic mass is 16.6. The Kier molecular flexibility index (Phi) is 7.89. The van der Waals surface area contributed by atoms with E-state index in [2.05, 4.69) is 0 Å². The predicted octanol–water partition coefficient (Wildman–Crippen LogP) is -0.295. The number of rotatable bonds is 8. The molecule has 0 aromatic carbocycles. The van der Waals surface area contributed by atoms with Gasteiger partial charge in [0.05, 0.1) is 6.10 Å². The van der Waals surface area contributed by atoms with Crippen molar-refractivity contribution in [3.05, 3.63) is 12.2 Å². The molecule has 5 nitrogen and oxygen atoms in total. The van der Waals surface area contributed by atoms with Gasteiger partial charge in [0.2, 0.25) is 5.91 Å². The molecule has 0 radical (unpaired) electrons. The molecule has 0 rings (SSSR count). The highest BCUT2D eigenvalue weighted by molar-refractivity contribution is 5.85. The standard InChI is InChI=1S/C10H20N2O3/c1-9(15-8-13)5-7-12(2)6-3-4-10(11)14/h3-4,9,13H,5-8H2,1-2H3,(H2,11,14)/b4-3+. The van der Waals surface area contributed by atoms with Gasteiger partial charge in [-0.05, 0) is 26.5 Å². The number of aliphatic hydroxyl groups is 1. The third-order valence-electron chi connectivity index (χ3n) is 1.98. The molecule has 0 aliphatic heterocycles. The van der Waals surface area contributed by atoms with Gasteiger partial charge in [-0.25, -0.2) is 0 Å². The number of carbonyl (C=O) groups excluding carboxylic acids is 1. The summed E-state index contributed by atoms with van der Waals surface area (Å²) in [7, 11) is 1.94. The van der Waals surface area contributed by atoms with E-state index in [0.29, 0.717) is 6.54 Å². The zero-order chi connectivity index (χ0) is 11.7. The minimum Gasteiger partial charge on any atom is -0.371 e. The van der Waals surface area contributed by atoms with Crippen LogP contribution in [0.4, 0.5) is 0 Å². The normalized spacial score (nSPS) is 13.6. The Balaban J connectivity index is 3.56. The van der Waals surface area contributed by atoms with E-state index in [4.69, 9.17) is 15.6 Å². The summed E-state index contributed by atoms with van der Waals surface area (Å²) in [5, 5.41) is 8.51. The molecule has 0 aliphatic rings. The van der Waals surface area contributed by atoms with E-state index < -0.39 is 5.91 Å². The fourth-order valence-corrected chi connectivity index (χ4v) is 1.05. The fraction of sp³-hybridized carbons (Fsp3) is 0.700. The summed E-state index contributed by atoms with van der Waals surface area (Å²) in [6.07, 6.45) is 3.95. The van der Waals surface area contributed by atoms with Gasteiger partial charge in [-0.15, -0.1) is 0 Å². The van der Waals surface area contributed by atoms with Crippen molar-refractivity contribution < 1.29 is 14.6 Å². The Morgan fingerprint density at radius 3 is 2.87 bits per heavy atom. The lowest BCUT2D eigenvalue weighted by molar-refractivity contribution is -0.113. The van der Waals surface area contributed by atoms with Gasteiger partial charge in [-0.2, -0.15) is 0 Å². The highest BCUT2D eigenvalue weighted by Crippen LogP contribution is 1.98. The Labute approximate surface area is 90.5 Å². The summed E-state index contributed by atoms with van der Waals surface area (Å²) in [4.78, 5) is 12.4. The molecule has 1 amide bonds. The molecule has 5 heteroatoms. The van der Waals surface area contributed by atoms with Gasteiger partial charge >= 0.3 is 0 Å². The first-order valence-corrected chi connectivity index (χ1v) is 4.93. The summed E-state index contributed by atoms with van der Waals surface area (Å²) in [6.45, 7) is 3.18. The highest BCUT2D eigenvalue weighted by Gasteiger charge is 2.03. The average Bonchev–Trinajstić information content (AvgIpc) is 2.14. The maximum Gasteiger partial charge on any atom is 0.241 e. The van der Waals surface area contributed by atoms with E-state index in [9.17, 15) is 4.79 Å². The second-order valence-electron chi connectivity index (χ2n) is 3.46. The van der Waals surface area contributed by atoms with Crippen LogP contribution in [-0.2, 0) is 9.53 Å². The first-order chi connectivity index (χ1) is 7.06. The van der Waals surface area contributed by atoms with Gasteiger partial charge in [0.15, 0.2) is 0 Å². The lowest BCUT2D eigenvalue weighted by Gasteiger charge is -2.17. The molecular formula is C10H20N2O3. The van der Waals surface area contributed by atoms with Gasteiger partial charge in [-0.3, -0.25) is 4.79 Å². The molecule has 0 spiro atoms. The smallest absolute Gasteiger partial charge is 0.241 e. The summed E-state index contributed by atoms with van der Waals surface area (Å²) >= 11 is 0. The van der Waals surface area contributed by atoms with Crippen LogP contribution in [0.5, 0.6) is 0 Å². The second kappa shape index (κ2) is 8.40. The average molecular weight is 216 g/mol. The minimum absolute atomic E-state index is 0.0394. The van der Waals surface area contributed by atoms with Crippen LogP contribution < -0.4 is 5.73 Å². The zero-order valence-electron chi connectivity index (χ0n) is 9.35. The third kappa shape index (κ3) is 9.40. The van der Waals surface area contributed by atoms with E-state index in [1.165, 1.54) is 6.08 Å². The van der Waals surface area contributed by atoms with Crippen LogP contribution in [0.25, 0.3) is 0 Å². The molecule has 15 heavy (non-hydrogen) atoms. The molecule has 1 unspecified atom stereocenters. The number of hydrogen-bond donors (Lipinski definition) is 2. The number of carbonyl (C=O) groups is 1. The van der Waals surface area contributed by atoms with Crippen molar-refractivity contribution in [2.24, 2.45) is 5.73 Å². The third-order valence-corrected chi connectivity index (χ3v) is 1.98. The number of nitrogens with zero attached hydrogens (tertiary/aromatic N) is 1. The first kappa shape index (κ1) is 14.1. The van der Waals surface area contributed by atoms with E-state index in [-0.39, 0.29) is 12.9 Å². The van der Waals surface area contributed by atoms with Crippen LogP contribution in [-0.4, -0.2) is 48.9 Å². The predicted molar refractivity (Wildman–Crippen MR) is 58.1 cm³/mol. The number of ether oxygens (including phenoxy) is 1. The number of aliphatic hydroxyl groups excluding tert-OH is 1. The molecule has 0 aromatic rings. The maximum atomic E-state index is 10.4. The van der Waals surface area contributed by atoms with Crippen molar-refractivity contribution in [3.63, 3.8) is 0 Å².